The maximum Gasteiger partial charge on any atom is 0.435 e. The maximum atomic E-state index is 12.7. The molecule has 0 aliphatic rings. The Morgan fingerprint density at radius 2 is 2.03 bits per heavy atom. The van der Waals surface area contributed by atoms with Gasteiger partial charge in [-0.2, -0.15) is 18.3 Å². The summed E-state index contributed by atoms with van der Waals surface area (Å²) < 4.78 is 44.6. The molecule has 154 valence electrons. The van der Waals surface area contributed by atoms with E-state index in [0.29, 0.717) is 21.5 Å². The molecule has 3 aromatic rings. The summed E-state index contributed by atoms with van der Waals surface area (Å²) in [6.07, 6.45) is -4.59. The Balaban J connectivity index is 1.69. The van der Waals surface area contributed by atoms with Crippen molar-refractivity contribution in [3.05, 3.63) is 45.6 Å². The number of hydrogen-bond acceptors (Lipinski definition) is 5. The van der Waals surface area contributed by atoms with Crippen LogP contribution in [-0.4, -0.2) is 28.8 Å². The molecule has 3 rings (SSSR count). The highest BCUT2D eigenvalue weighted by Crippen LogP contribution is 2.37. The molecular weight excluding hydrogens is 431 g/mol. The van der Waals surface area contributed by atoms with Crippen LogP contribution < -0.4 is 5.32 Å². The first-order valence-electron chi connectivity index (χ1n) is 8.32. The van der Waals surface area contributed by atoms with Gasteiger partial charge in [0.25, 0.3) is 0 Å². The number of hydrogen-bond donors (Lipinski definition) is 1. The fourth-order valence-electron chi connectivity index (χ4n) is 2.67. The molecule has 0 atom stereocenters. The number of carbonyl (C=O) groups excluding carboxylic acids is 2. The number of nitrogens with zero attached hydrogens (tertiary/aromatic N) is 2. The van der Waals surface area contributed by atoms with E-state index in [4.69, 9.17) is 11.6 Å². The van der Waals surface area contributed by atoms with Crippen molar-refractivity contribution >= 4 is 50.6 Å². The summed E-state index contributed by atoms with van der Waals surface area (Å²) in [5, 5.41) is 7.11. The van der Waals surface area contributed by atoms with Gasteiger partial charge in [-0.3, -0.25) is 9.48 Å². The SMILES string of the molecule is COC(=O)c1sc2cc(NC(=O)CCn3nc(C(F)(F)F)cc3C)ccc2c1Cl. The third-order valence-corrected chi connectivity index (χ3v) is 5.74. The van der Waals surface area contributed by atoms with Crippen LogP contribution in [0.4, 0.5) is 18.9 Å². The summed E-state index contributed by atoms with van der Waals surface area (Å²) in [7, 11) is 1.26. The van der Waals surface area contributed by atoms with Crippen LogP contribution in [0.3, 0.4) is 0 Å². The molecule has 0 aliphatic carbocycles. The second-order valence-electron chi connectivity index (χ2n) is 6.14. The van der Waals surface area contributed by atoms with Crippen molar-refractivity contribution in [3.63, 3.8) is 0 Å². The molecule has 29 heavy (non-hydrogen) atoms. The number of halogens is 4. The Bertz CT molecular complexity index is 1090. The van der Waals surface area contributed by atoms with Crippen molar-refractivity contribution in [1.29, 1.82) is 0 Å². The normalized spacial score (nSPS) is 11.7. The Morgan fingerprint density at radius 1 is 1.31 bits per heavy atom. The van der Waals surface area contributed by atoms with Gasteiger partial charge in [-0.05, 0) is 31.2 Å². The van der Waals surface area contributed by atoms with Gasteiger partial charge in [0.15, 0.2) is 5.69 Å². The highest BCUT2D eigenvalue weighted by molar-refractivity contribution is 7.21. The molecule has 0 radical (unpaired) electrons. The van der Waals surface area contributed by atoms with E-state index in [-0.39, 0.29) is 28.8 Å². The number of carbonyl (C=O) groups is 2. The molecule has 0 saturated carbocycles. The summed E-state index contributed by atoms with van der Waals surface area (Å²) in [4.78, 5) is 24.2. The zero-order chi connectivity index (χ0) is 21.3. The van der Waals surface area contributed by atoms with Crippen LogP contribution in [0, 0.1) is 6.92 Å². The number of anilines is 1. The van der Waals surface area contributed by atoms with E-state index in [2.05, 4.69) is 15.2 Å². The number of methoxy groups -OCH3 is 1. The molecule has 2 heterocycles. The lowest BCUT2D eigenvalue weighted by Crippen LogP contribution is -2.16. The van der Waals surface area contributed by atoms with Crippen molar-refractivity contribution < 1.29 is 27.5 Å². The van der Waals surface area contributed by atoms with Gasteiger partial charge < -0.3 is 10.1 Å². The molecule has 11 heteroatoms. The summed E-state index contributed by atoms with van der Waals surface area (Å²) in [6, 6.07) is 5.90. The van der Waals surface area contributed by atoms with Gasteiger partial charge in [0.1, 0.15) is 4.88 Å². The number of aromatic nitrogens is 2. The summed E-state index contributed by atoms with van der Waals surface area (Å²) in [5.74, 6) is -0.932. The highest BCUT2D eigenvalue weighted by Gasteiger charge is 2.34. The standard InChI is InChI=1S/C18H15ClF3N3O3S/c1-9-7-13(18(20,21)22)24-25(9)6-5-14(26)23-10-3-4-11-12(8-10)29-16(15(11)19)17(27)28-2/h3-4,7-8H,5-6H2,1-2H3,(H,23,26). The molecule has 1 N–H and O–H groups in total. The van der Waals surface area contributed by atoms with Crippen molar-refractivity contribution in [2.24, 2.45) is 0 Å². The quantitative estimate of drug-likeness (QED) is 0.567. The highest BCUT2D eigenvalue weighted by atomic mass is 35.5. The lowest BCUT2D eigenvalue weighted by atomic mass is 10.2. The number of nitrogens with one attached hydrogen (secondary N) is 1. The maximum absolute atomic E-state index is 12.7. The van der Waals surface area contributed by atoms with E-state index in [0.717, 1.165) is 22.1 Å². The predicted molar refractivity (Wildman–Crippen MR) is 103 cm³/mol. The molecule has 1 aromatic carbocycles. The Kier molecular flexibility index (Phi) is 5.85. The number of esters is 1. The monoisotopic (exact) mass is 445 g/mol. The molecule has 0 spiro atoms. The van der Waals surface area contributed by atoms with Crippen molar-refractivity contribution in [3.8, 4) is 0 Å². The smallest absolute Gasteiger partial charge is 0.435 e. The molecule has 0 fully saturated rings. The fraction of sp³-hybridized carbons (Fsp3) is 0.278. The van der Waals surface area contributed by atoms with Gasteiger partial charge in [-0.1, -0.05) is 11.6 Å². The Labute approximate surface area is 172 Å². The number of rotatable bonds is 5. The second-order valence-corrected chi connectivity index (χ2v) is 7.57. The van der Waals surface area contributed by atoms with Crippen LogP contribution in [-0.2, 0) is 22.3 Å². The third-order valence-electron chi connectivity index (χ3n) is 4.11. The van der Waals surface area contributed by atoms with Gasteiger partial charge >= 0.3 is 12.1 Å². The first kappa shape index (κ1) is 21.1. The fourth-order valence-corrected chi connectivity index (χ4v) is 4.14. The zero-order valence-corrected chi connectivity index (χ0v) is 16.8. The van der Waals surface area contributed by atoms with Gasteiger partial charge in [-0.15, -0.1) is 11.3 Å². The largest absolute Gasteiger partial charge is 0.465 e. The predicted octanol–water partition coefficient (Wildman–Crippen LogP) is 4.89. The van der Waals surface area contributed by atoms with E-state index in [9.17, 15) is 22.8 Å². The van der Waals surface area contributed by atoms with E-state index in [1.165, 1.54) is 14.0 Å². The summed E-state index contributed by atoms with van der Waals surface area (Å²) in [5.41, 5.74) is -0.197. The number of ether oxygens (including phenoxy) is 1. The number of aryl methyl sites for hydroxylation is 2. The summed E-state index contributed by atoms with van der Waals surface area (Å²) in [6.45, 7) is 1.50. The first-order chi connectivity index (χ1) is 13.6. The molecule has 2 aromatic heterocycles. The van der Waals surface area contributed by atoms with Gasteiger partial charge in [0.05, 0.1) is 12.1 Å². The molecule has 0 saturated heterocycles. The molecule has 6 nitrogen and oxygen atoms in total. The third kappa shape index (κ3) is 4.54. The lowest BCUT2D eigenvalue weighted by Gasteiger charge is -2.07. The molecule has 0 unspecified atom stereocenters. The Hall–Kier alpha value is -2.59. The number of benzene rings is 1. The number of alkyl halides is 3. The van der Waals surface area contributed by atoms with Crippen LogP contribution in [0.25, 0.3) is 10.1 Å². The molecular formula is C18H15ClF3N3O3S. The van der Waals surface area contributed by atoms with E-state index >= 15 is 0 Å². The van der Waals surface area contributed by atoms with Crippen LogP contribution in [0.2, 0.25) is 5.02 Å². The van der Waals surface area contributed by atoms with Crippen molar-refractivity contribution in [2.75, 3.05) is 12.4 Å². The van der Waals surface area contributed by atoms with Crippen molar-refractivity contribution in [2.45, 2.75) is 26.1 Å². The molecule has 0 aliphatic heterocycles. The van der Waals surface area contributed by atoms with Crippen LogP contribution in [0.1, 0.15) is 27.5 Å². The molecule has 1 amide bonds. The van der Waals surface area contributed by atoms with E-state index in [1.54, 1.807) is 18.2 Å². The minimum Gasteiger partial charge on any atom is -0.465 e. The molecule has 0 bridgehead atoms. The average Bonchev–Trinajstić information content (AvgIpc) is 3.19. The average molecular weight is 446 g/mol. The van der Waals surface area contributed by atoms with Crippen molar-refractivity contribution in [1.82, 2.24) is 9.78 Å². The van der Waals surface area contributed by atoms with Crippen LogP contribution >= 0.6 is 22.9 Å². The van der Waals surface area contributed by atoms with Gasteiger partial charge in [0.2, 0.25) is 5.91 Å². The number of amides is 1. The van der Waals surface area contributed by atoms with Gasteiger partial charge in [0, 0.05) is 34.4 Å². The number of fused-ring (bicyclic) bond motifs is 1. The van der Waals surface area contributed by atoms with E-state index in [1.807, 2.05) is 0 Å². The van der Waals surface area contributed by atoms with Crippen LogP contribution in [0.15, 0.2) is 24.3 Å². The second kappa shape index (κ2) is 8.03. The van der Waals surface area contributed by atoms with E-state index < -0.39 is 17.8 Å². The zero-order valence-electron chi connectivity index (χ0n) is 15.3. The summed E-state index contributed by atoms with van der Waals surface area (Å²) >= 11 is 7.32. The lowest BCUT2D eigenvalue weighted by molar-refractivity contribution is -0.141. The topological polar surface area (TPSA) is 73.2 Å². The minimum absolute atomic E-state index is 0.00725. The van der Waals surface area contributed by atoms with Gasteiger partial charge in [-0.25, -0.2) is 4.79 Å². The minimum atomic E-state index is -4.53. The Morgan fingerprint density at radius 3 is 2.66 bits per heavy atom. The number of thiophene rings is 1. The first-order valence-corrected chi connectivity index (χ1v) is 9.51. The van der Waals surface area contributed by atoms with Crippen LogP contribution in [0.5, 0.6) is 0 Å².